The minimum Gasteiger partial charge on any atom is -0.337 e. The van der Waals surface area contributed by atoms with Crippen LogP contribution in [0.3, 0.4) is 0 Å². The molecule has 1 atom stereocenters. The number of amides is 1. The number of carbonyl (C=O) groups is 1. The Morgan fingerprint density at radius 1 is 1.37 bits per heavy atom. The summed E-state index contributed by atoms with van der Waals surface area (Å²) in [5.41, 5.74) is 2.30. The highest BCUT2D eigenvalue weighted by Gasteiger charge is 2.30. The summed E-state index contributed by atoms with van der Waals surface area (Å²) >= 11 is 2.77. The predicted octanol–water partition coefficient (Wildman–Crippen LogP) is 4.46. The molecule has 0 spiro atoms. The molecule has 1 fully saturated rings. The summed E-state index contributed by atoms with van der Waals surface area (Å²) in [5, 5.41) is 9.19. The third-order valence-corrected chi connectivity index (χ3v) is 7.01. The van der Waals surface area contributed by atoms with Crippen LogP contribution in [0.15, 0.2) is 35.8 Å². The second-order valence-corrected chi connectivity index (χ2v) is 8.96. The lowest BCUT2D eigenvalue weighted by Crippen LogP contribution is -2.39. The van der Waals surface area contributed by atoms with Gasteiger partial charge in [-0.15, -0.1) is 16.4 Å². The monoisotopic (exact) mass is 442 g/mol. The van der Waals surface area contributed by atoms with Gasteiger partial charge in [-0.3, -0.25) is 9.20 Å². The lowest BCUT2D eigenvalue weighted by Gasteiger charge is -2.31. The van der Waals surface area contributed by atoms with Crippen molar-refractivity contribution in [3.63, 3.8) is 0 Å². The van der Waals surface area contributed by atoms with E-state index in [1.807, 2.05) is 33.9 Å². The van der Waals surface area contributed by atoms with Crippen LogP contribution in [-0.2, 0) is 0 Å². The molecule has 1 aromatic carbocycles. The Labute approximate surface area is 180 Å². The third-order valence-electron chi connectivity index (χ3n) is 5.30. The zero-order valence-electron chi connectivity index (χ0n) is 16.2. The number of halogens is 1. The first-order chi connectivity index (χ1) is 14.6. The van der Waals surface area contributed by atoms with Crippen molar-refractivity contribution < 1.29 is 9.18 Å². The van der Waals surface area contributed by atoms with Crippen molar-refractivity contribution in [3.8, 4) is 0 Å². The van der Waals surface area contributed by atoms with Crippen LogP contribution < -0.4 is 5.32 Å². The number of nitrogens with one attached hydrogen (secondary N) is 1. The van der Waals surface area contributed by atoms with Crippen molar-refractivity contribution in [1.82, 2.24) is 23.9 Å². The number of rotatable bonds is 4. The molecule has 10 heteroatoms. The van der Waals surface area contributed by atoms with Gasteiger partial charge < -0.3 is 10.2 Å². The quantitative estimate of drug-likeness (QED) is 0.505. The molecule has 0 aliphatic carbocycles. The number of hydrogen-bond acceptors (Lipinski definition) is 7. The largest absolute Gasteiger partial charge is 0.337 e. The van der Waals surface area contributed by atoms with Gasteiger partial charge in [-0.2, -0.15) is 0 Å². The van der Waals surface area contributed by atoms with E-state index in [1.165, 1.54) is 12.1 Å². The van der Waals surface area contributed by atoms with Gasteiger partial charge >= 0.3 is 0 Å². The Hall–Kier alpha value is -2.85. The third kappa shape index (κ3) is 3.46. The molecule has 7 nitrogen and oxygen atoms in total. The first kappa shape index (κ1) is 19.1. The van der Waals surface area contributed by atoms with Gasteiger partial charge in [0.05, 0.1) is 11.4 Å². The number of imidazole rings is 1. The second-order valence-electron chi connectivity index (χ2n) is 7.31. The Morgan fingerprint density at radius 3 is 3.07 bits per heavy atom. The number of benzene rings is 1. The van der Waals surface area contributed by atoms with E-state index in [9.17, 15) is 9.18 Å². The Balaban J connectivity index is 1.42. The smallest absolute Gasteiger partial charge is 0.267 e. The zero-order chi connectivity index (χ0) is 20.7. The maximum absolute atomic E-state index is 13.6. The highest BCUT2D eigenvalue weighted by Crippen LogP contribution is 2.34. The minimum absolute atomic E-state index is 0.00746. The molecule has 1 amide bonds. The van der Waals surface area contributed by atoms with Crippen molar-refractivity contribution in [2.24, 2.45) is 0 Å². The topological polar surface area (TPSA) is 75.4 Å². The van der Waals surface area contributed by atoms with Gasteiger partial charge in [-0.25, -0.2) is 9.37 Å². The van der Waals surface area contributed by atoms with Gasteiger partial charge in [-0.05, 0) is 49.5 Å². The highest BCUT2D eigenvalue weighted by atomic mass is 32.1. The number of hydrogen-bond donors (Lipinski definition) is 1. The molecule has 0 bridgehead atoms. The van der Waals surface area contributed by atoms with E-state index in [-0.39, 0.29) is 17.6 Å². The van der Waals surface area contributed by atoms with Crippen LogP contribution in [0, 0.1) is 12.7 Å². The van der Waals surface area contributed by atoms with Crippen LogP contribution >= 0.6 is 22.9 Å². The molecule has 154 valence electrons. The Bertz CT molecular complexity index is 1220. The number of anilines is 2. The molecule has 3 aromatic heterocycles. The lowest BCUT2D eigenvalue weighted by molar-refractivity contribution is 0.0710. The van der Waals surface area contributed by atoms with Gasteiger partial charge in [0.25, 0.3) is 5.91 Å². The number of carbonyl (C=O) groups excluding carboxylic acids is 1. The lowest BCUT2D eigenvalue weighted by atomic mass is 9.95. The Kier molecular flexibility index (Phi) is 4.95. The van der Waals surface area contributed by atoms with Gasteiger partial charge in [0.2, 0.25) is 5.95 Å². The van der Waals surface area contributed by atoms with Gasteiger partial charge in [-0.1, -0.05) is 10.6 Å². The average molecular weight is 443 g/mol. The van der Waals surface area contributed by atoms with Crippen LogP contribution in [0.4, 0.5) is 16.0 Å². The summed E-state index contributed by atoms with van der Waals surface area (Å²) in [6.45, 7) is 3.15. The molecule has 0 radical (unpaired) electrons. The number of thiazole rings is 1. The maximum Gasteiger partial charge on any atom is 0.267 e. The molecule has 1 aliphatic heterocycles. The van der Waals surface area contributed by atoms with Gasteiger partial charge in [0, 0.05) is 36.3 Å². The van der Waals surface area contributed by atoms with Crippen molar-refractivity contribution in [2.75, 3.05) is 18.4 Å². The van der Waals surface area contributed by atoms with E-state index in [1.54, 1.807) is 17.4 Å². The zero-order valence-corrected chi connectivity index (χ0v) is 17.8. The van der Waals surface area contributed by atoms with Crippen LogP contribution in [-0.4, -0.2) is 42.9 Å². The van der Waals surface area contributed by atoms with Crippen LogP contribution in [0.5, 0.6) is 0 Å². The molecule has 30 heavy (non-hydrogen) atoms. The van der Waals surface area contributed by atoms with Gasteiger partial charge in [0.15, 0.2) is 0 Å². The average Bonchev–Trinajstić information content (AvgIpc) is 3.46. The van der Waals surface area contributed by atoms with E-state index in [0.29, 0.717) is 28.8 Å². The first-order valence-electron chi connectivity index (χ1n) is 9.66. The van der Waals surface area contributed by atoms with Crippen LogP contribution in [0.1, 0.15) is 39.8 Å². The number of aromatic nitrogens is 4. The summed E-state index contributed by atoms with van der Waals surface area (Å²) in [4.78, 5) is 21.3. The molecular weight excluding hydrogens is 423 g/mol. The Morgan fingerprint density at radius 2 is 2.27 bits per heavy atom. The molecule has 5 rings (SSSR count). The molecule has 4 aromatic rings. The highest BCUT2D eigenvalue weighted by molar-refractivity contribution is 7.15. The second kappa shape index (κ2) is 7.77. The summed E-state index contributed by atoms with van der Waals surface area (Å²) < 4.78 is 19.5. The van der Waals surface area contributed by atoms with E-state index in [2.05, 4.69) is 14.9 Å². The summed E-state index contributed by atoms with van der Waals surface area (Å²) in [6, 6.07) is 6.33. The van der Waals surface area contributed by atoms with Crippen molar-refractivity contribution in [3.05, 3.63) is 57.9 Å². The fraction of sp³-hybridized carbons (Fsp3) is 0.300. The fourth-order valence-corrected chi connectivity index (χ4v) is 5.38. The molecule has 0 saturated carbocycles. The van der Waals surface area contributed by atoms with E-state index >= 15 is 0 Å². The number of likely N-dealkylation sites (tertiary alicyclic amines) is 1. The summed E-state index contributed by atoms with van der Waals surface area (Å²) in [6.07, 6.45) is 3.84. The van der Waals surface area contributed by atoms with Crippen molar-refractivity contribution >= 4 is 45.2 Å². The fourth-order valence-electron chi connectivity index (χ4n) is 3.85. The molecule has 1 N–H and O–H groups in total. The van der Waals surface area contributed by atoms with Crippen molar-refractivity contribution in [1.29, 1.82) is 0 Å². The van der Waals surface area contributed by atoms with E-state index in [4.69, 9.17) is 4.98 Å². The first-order valence-corrected chi connectivity index (χ1v) is 11.3. The number of piperidine rings is 1. The van der Waals surface area contributed by atoms with Crippen molar-refractivity contribution in [2.45, 2.75) is 25.7 Å². The number of aryl methyl sites for hydroxylation is 1. The van der Waals surface area contributed by atoms with Gasteiger partial charge in [0.1, 0.15) is 15.5 Å². The van der Waals surface area contributed by atoms with Crippen LogP contribution in [0.2, 0.25) is 0 Å². The molecule has 1 saturated heterocycles. The summed E-state index contributed by atoms with van der Waals surface area (Å²) in [7, 11) is 0. The maximum atomic E-state index is 13.6. The van der Waals surface area contributed by atoms with E-state index in [0.717, 1.165) is 41.4 Å². The minimum atomic E-state index is -0.298. The SMILES string of the molecule is Cc1nnsc1C(=O)N1CCCC(c2nc(Nc3cccc(F)c3)n3ccsc23)C1. The molecule has 1 aliphatic rings. The normalized spacial score (nSPS) is 16.9. The number of nitrogens with zero attached hydrogens (tertiary/aromatic N) is 5. The number of fused-ring (bicyclic) bond motifs is 1. The summed E-state index contributed by atoms with van der Waals surface area (Å²) in [5.74, 6) is 0.484. The molecule has 1 unspecified atom stereocenters. The standard InChI is InChI=1S/C20H19FN6OS2/c1-12-17(30-25-24-12)18(28)26-7-3-4-13(11-26)16-19-27(8-9-29-19)20(23-16)22-15-6-2-5-14(21)10-15/h2,5-6,8-10,13H,3-4,7,11H2,1H3,(H,22,23). The molecular formula is C20H19FN6OS2. The van der Waals surface area contributed by atoms with Crippen LogP contribution in [0.25, 0.3) is 4.83 Å². The predicted molar refractivity (Wildman–Crippen MR) is 115 cm³/mol. The molecule has 4 heterocycles. The van der Waals surface area contributed by atoms with E-state index < -0.39 is 0 Å².